The number of nitrogens with zero attached hydrogens (tertiary/aromatic N) is 4. The van der Waals surface area contributed by atoms with Crippen LogP contribution in [0.25, 0.3) is 11.4 Å². The van der Waals surface area contributed by atoms with Crippen LogP contribution in [0.4, 0.5) is 5.69 Å². The molecular formula is C20H23N5O4S. The summed E-state index contributed by atoms with van der Waals surface area (Å²) < 4.78 is 33.9. The van der Waals surface area contributed by atoms with Gasteiger partial charge in [0.25, 0.3) is 5.91 Å². The highest BCUT2D eigenvalue weighted by Crippen LogP contribution is 2.27. The van der Waals surface area contributed by atoms with E-state index in [0.29, 0.717) is 36.1 Å². The molecule has 1 aromatic carbocycles. The molecule has 1 aliphatic heterocycles. The summed E-state index contributed by atoms with van der Waals surface area (Å²) >= 11 is 0. The second-order valence-electron chi connectivity index (χ2n) is 7.27. The van der Waals surface area contributed by atoms with Crippen LogP contribution < -0.4 is 5.32 Å². The molecule has 0 unspecified atom stereocenters. The Labute approximate surface area is 174 Å². The Kier molecular flexibility index (Phi) is 5.44. The number of aromatic nitrogens is 3. The van der Waals surface area contributed by atoms with Gasteiger partial charge in [0.15, 0.2) is 0 Å². The van der Waals surface area contributed by atoms with Crippen LogP contribution in [-0.2, 0) is 17.1 Å². The van der Waals surface area contributed by atoms with Crippen molar-refractivity contribution in [2.75, 3.05) is 18.4 Å². The number of anilines is 1. The minimum atomic E-state index is -3.62. The van der Waals surface area contributed by atoms with Crippen molar-refractivity contribution in [1.29, 1.82) is 0 Å². The van der Waals surface area contributed by atoms with Crippen molar-refractivity contribution in [3.8, 4) is 11.4 Å². The molecule has 1 fully saturated rings. The molecule has 30 heavy (non-hydrogen) atoms. The summed E-state index contributed by atoms with van der Waals surface area (Å²) in [5, 5.41) is 6.73. The van der Waals surface area contributed by atoms with Crippen molar-refractivity contribution in [2.24, 2.45) is 7.05 Å². The molecule has 0 bridgehead atoms. The van der Waals surface area contributed by atoms with Crippen LogP contribution >= 0.6 is 0 Å². The molecule has 10 heteroatoms. The van der Waals surface area contributed by atoms with Crippen LogP contribution in [0.2, 0.25) is 0 Å². The number of amides is 1. The van der Waals surface area contributed by atoms with Crippen molar-refractivity contribution in [3.63, 3.8) is 0 Å². The zero-order valence-corrected chi connectivity index (χ0v) is 17.6. The molecule has 0 radical (unpaired) electrons. The number of piperidine rings is 1. The molecule has 1 aliphatic rings. The summed E-state index contributed by atoms with van der Waals surface area (Å²) in [7, 11) is -1.97. The maximum absolute atomic E-state index is 12.9. The number of hydrogen-bond acceptors (Lipinski definition) is 6. The molecule has 0 atom stereocenters. The lowest BCUT2D eigenvalue weighted by Gasteiger charge is -2.25. The van der Waals surface area contributed by atoms with Gasteiger partial charge in [0.1, 0.15) is 10.6 Å². The van der Waals surface area contributed by atoms with E-state index in [1.807, 2.05) is 6.07 Å². The highest BCUT2D eigenvalue weighted by atomic mass is 32.2. The van der Waals surface area contributed by atoms with E-state index in [0.717, 1.165) is 19.3 Å². The third kappa shape index (κ3) is 3.88. The first kappa shape index (κ1) is 20.3. The Bertz CT molecular complexity index is 1180. The minimum absolute atomic E-state index is 0.124. The molecule has 3 heterocycles. The Balaban J connectivity index is 1.60. The zero-order valence-electron chi connectivity index (χ0n) is 16.8. The second-order valence-corrected chi connectivity index (χ2v) is 9.21. The molecule has 0 aliphatic carbocycles. The Morgan fingerprint density at radius 3 is 2.60 bits per heavy atom. The fraction of sp³-hybridized carbons (Fsp3) is 0.350. The second kappa shape index (κ2) is 8.04. The zero-order chi connectivity index (χ0) is 21.3. The van der Waals surface area contributed by atoms with Crippen molar-refractivity contribution < 1.29 is 17.7 Å². The van der Waals surface area contributed by atoms with Crippen molar-refractivity contribution in [1.82, 2.24) is 19.0 Å². The van der Waals surface area contributed by atoms with Gasteiger partial charge in [-0.1, -0.05) is 23.7 Å². The lowest BCUT2D eigenvalue weighted by molar-refractivity contribution is 0.101. The van der Waals surface area contributed by atoms with Gasteiger partial charge in [0.05, 0.1) is 5.69 Å². The third-order valence-corrected chi connectivity index (χ3v) is 6.97. The summed E-state index contributed by atoms with van der Waals surface area (Å²) in [5.41, 5.74) is 1.35. The number of carbonyl (C=O) groups excluding carboxylic acids is 1. The number of hydrogen-bond donors (Lipinski definition) is 1. The summed E-state index contributed by atoms with van der Waals surface area (Å²) in [4.78, 5) is 17.3. The van der Waals surface area contributed by atoms with E-state index in [1.54, 1.807) is 32.2 Å². The molecular weight excluding hydrogens is 406 g/mol. The Morgan fingerprint density at radius 2 is 1.90 bits per heavy atom. The highest BCUT2D eigenvalue weighted by molar-refractivity contribution is 7.89. The van der Waals surface area contributed by atoms with Crippen LogP contribution in [0, 0.1) is 6.92 Å². The van der Waals surface area contributed by atoms with E-state index in [2.05, 4.69) is 15.5 Å². The Morgan fingerprint density at radius 1 is 1.17 bits per heavy atom. The highest BCUT2D eigenvalue weighted by Gasteiger charge is 2.28. The number of aryl methyl sites for hydroxylation is 2. The van der Waals surface area contributed by atoms with Gasteiger partial charge in [0, 0.05) is 38.8 Å². The van der Waals surface area contributed by atoms with Gasteiger partial charge in [-0.2, -0.15) is 9.29 Å². The lowest BCUT2D eigenvalue weighted by Crippen LogP contribution is -2.35. The molecule has 3 aromatic rings. The number of sulfonamides is 1. The average molecular weight is 430 g/mol. The topological polar surface area (TPSA) is 110 Å². The van der Waals surface area contributed by atoms with Crippen LogP contribution in [0.5, 0.6) is 0 Å². The monoisotopic (exact) mass is 429 g/mol. The van der Waals surface area contributed by atoms with Crippen LogP contribution in [0.15, 0.2) is 45.9 Å². The van der Waals surface area contributed by atoms with Gasteiger partial charge < -0.3 is 14.4 Å². The first-order valence-corrected chi connectivity index (χ1v) is 11.2. The number of carbonyl (C=O) groups is 1. The van der Waals surface area contributed by atoms with Crippen LogP contribution in [0.3, 0.4) is 0 Å². The molecule has 1 N–H and O–H groups in total. The molecule has 9 nitrogen and oxygen atoms in total. The smallest absolute Gasteiger partial charge is 0.272 e. The van der Waals surface area contributed by atoms with E-state index in [9.17, 15) is 13.2 Å². The predicted molar refractivity (Wildman–Crippen MR) is 110 cm³/mol. The van der Waals surface area contributed by atoms with E-state index in [1.165, 1.54) is 21.1 Å². The molecule has 2 aromatic heterocycles. The fourth-order valence-corrected chi connectivity index (χ4v) is 5.13. The van der Waals surface area contributed by atoms with Crippen molar-refractivity contribution in [2.45, 2.75) is 31.1 Å². The van der Waals surface area contributed by atoms with Gasteiger partial charge >= 0.3 is 0 Å². The van der Waals surface area contributed by atoms with E-state index < -0.39 is 15.9 Å². The maximum atomic E-state index is 12.9. The van der Waals surface area contributed by atoms with Gasteiger partial charge in [-0.25, -0.2) is 8.42 Å². The average Bonchev–Trinajstić information content (AvgIpc) is 3.35. The van der Waals surface area contributed by atoms with E-state index in [4.69, 9.17) is 4.52 Å². The summed E-state index contributed by atoms with van der Waals surface area (Å²) in [5.74, 6) is 0.357. The number of para-hydroxylation sites is 1. The third-order valence-electron chi connectivity index (χ3n) is 5.11. The Hall–Kier alpha value is -2.98. The quantitative estimate of drug-likeness (QED) is 0.668. The molecule has 0 spiro atoms. The largest absolute Gasteiger partial charge is 0.345 e. The molecule has 4 rings (SSSR count). The summed E-state index contributed by atoms with van der Waals surface area (Å²) in [6.45, 7) is 2.71. The number of rotatable bonds is 5. The molecule has 1 amide bonds. The summed E-state index contributed by atoms with van der Waals surface area (Å²) in [6.07, 6.45) is 4.22. The minimum Gasteiger partial charge on any atom is -0.345 e. The van der Waals surface area contributed by atoms with Gasteiger partial charge in [-0.05, 0) is 31.0 Å². The maximum Gasteiger partial charge on any atom is 0.272 e. The lowest BCUT2D eigenvalue weighted by atomic mass is 10.1. The SMILES string of the molecule is Cc1nc(-c2ccccc2NC(=O)c2cc(S(=O)(=O)N3CCCCC3)cn2C)no1. The van der Waals surface area contributed by atoms with Crippen molar-refractivity contribution in [3.05, 3.63) is 48.1 Å². The van der Waals surface area contributed by atoms with Gasteiger partial charge in [-0.3, -0.25) is 4.79 Å². The number of nitrogens with one attached hydrogen (secondary N) is 1. The molecule has 1 saturated heterocycles. The van der Waals surface area contributed by atoms with Gasteiger partial charge in [0.2, 0.25) is 21.7 Å². The normalized spacial score (nSPS) is 15.3. The van der Waals surface area contributed by atoms with Gasteiger partial charge in [-0.15, -0.1) is 0 Å². The van der Waals surface area contributed by atoms with Crippen molar-refractivity contribution >= 4 is 21.6 Å². The summed E-state index contributed by atoms with van der Waals surface area (Å²) in [6, 6.07) is 8.51. The van der Waals surface area contributed by atoms with E-state index >= 15 is 0 Å². The predicted octanol–water partition coefficient (Wildman–Crippen LogP) is 2.81. The molecule has 158 valence electrons. The first-order chi connectivity index (χ1) is 14.4. The van der Waals surface area contributed by atoms with Crippen LogP contribution in [0.1, 0.15) is 35.6 Å². The first-order valence-electron chi connectivity index (χ1n) is 9.74. The standard InChI is InChI=1S/C20H23N5O4S/c1-14-21-19(23-29-14)16-8-4-5-9-17(16)22-20(26)18-12-15(13-24(18)2)30(27,28)25-10-6-3-7-11-25/h4-5,8-9,12-13H,3,6-7,10-11H2,1-2H3,(H,22,26). The van der Waals surface area contributed by atoms with Crippen LogP contribution in [-0.4, -0.2) is 46.4 Å². The molecule has 0 saturated carbocycles. The van der Waals surface area contributed by atoms with E-state index in [-0.39, 0.29) is 10.6 Å². The number of benzene rings is 1. The fourth-order valence-electron chi connectivity index (χ4n) is 3.54.